The topological polar surface area (TPSA) is 55.1 Å². The number of hydrogen-bond acceptors (Lipinski definition) is 2. The summed E-state index contributed by atoms with van der Waals surface area (Å²) in [4.78, 5) is 12.2. The molecule has 0 saturated heterocycles. The molecule has 0 spiro atoms. The van der Waals surface area contributed by atoms with E-state index in [9.17, 15) is 4.79 Å². The number of benzene rings is 1. The van der Waals surface area contributed by atoms with Crippen molar-refractivity contribution in [2.24, 2.45) is 5.73 Å². The van der Waals surface area contributed by atoms with Gasteiger partial charge in [-0.05, 0) is 30.0 Å². The number of thiocarbonyl (C=S) groups is 1. The van der Waals surface area contributed by atoms with E-state index in [1.54, 1.807) is 6.92 Å². The number of carbonyl (C=O) groups excluding carboxylic acids is 1. The summed E-state index contributed by atoms with van der Waals surface area (Å²) in [6.45, 7) is 8.18. The van der Waals surface area contributed by atoms with Crippen molar-refractivity contribution in [1.29, 1.82) is 0 Å². The van der Waals surface area contributed by atoms with Crippen LogP contribution in [0.25, 0.3) is 0 Å². The Morgan fingerprint density at radius 2 is 1.78 bits per heavy atom. The SMILES string of the molecule is CC(NC(=O)c1ccc(C(C)(C)C)cc1)C(N)=S. The highest BCUT2D eigenvalue weighted by atomic mass is 32.1. The van der Waals surface area contributed by atoms with Gasteiger partial charge in [-0.3, -0.25) is 4.79 Å². The van der Waals surface area contributed by atoms with Crippen molar-refractivity contribution >= 4 is 23.1 Å². The first kappa shape index (κ1) is 14.6. The molecule has 0 bridgehead atoms. The average Bonchev–Trinajstić information content (AvgIpc) is 2.27. The van der Waals surface area contributed by atoms with Gasteiger partial charge in [-0.1, -0.05) is 45.1 Å². The Bertz CT molecular complexity index is 446. The molecule has 0 aliphatic heterocycles. The van der Waals surface area contributed by atoms with Gasteiger partial charge in [0.05, 0.1) is 11.0 Å². The molecule has 98 valence electrons. The Morgan fingerprint density at radius 1 is 1.28 bits per heavy atom. The monoisotopic (exact) mass is 264 g/mol. The van der Waals surface area contributed by atoms with E-state index in [1.165, 1.54) is 5.56 Å². The Hall–Kier alpha value is -1.42. The van der Waals surface area contributed by atoms with Gasteiger partial charge in [-0.15, -0.1) is 0 Å². The lowest BCUT2D eigenvalue weighted by atomic mass is 9.86. The highest BCUT2D eigenvalue weighted by molar-refractivity contribution is 7.80. The van der Waals surface area contributed by atoms with Gasteiger partial charge in [-0.25, -0.2) is 0 Å². The van der Waals surface area contributed by atoms with E-state index >= 15 is 0 Å². The van der Waals surface area contributed by atoms with Gasteiger partial charge in [-0.2, -0.15) is 0 Å². The van der Waals surface area contributed by atoms with Crippen molar-refractivity contribution in [3.8, 4) is 0 Å². The van der Waals surface area contributed by atoms with Crippen molar-refractivity contribution < 1.29 is 4.79 Å². The van der Waals surface area contributed by atoms with Gasteiger partial charge in [0.2, 0.25) is 0 Å². The van der Waals surface area contributed by atoms with Crippen molar-refractivity contribution in [2.45, 2.75) is 39.2 Å². The highest BCUT2D eigenvalue weighted by Gasteiger charge is 2.15. The molecule has 1 atom stereocenters. The molecule has 1 amide bonds. The van der Waals surface area contributed by atoms with Gasteiger partial charge in [0.15, 0.2) is 0 Å². The van der Waals surface area contributed by atoms with Crippen LogP contribution in [0.5, 0.6) is 0 Å². The number of amides is 1. The zero-order chi connectivity index (χ0) is 13.9. The first-order valence-electron chi connectivity index (χ1n) is 5.92. The van der Waals surface area contributed by atoms with Crippen molar-refractivity contribution in [3.63, 3.8) is 0 Å². The minimum absolute atomic E-state index is 0.0844. The van der Waals surface area contributed by atoms with Gasteiger partial charge in [0.1, 0.15) is 0 Å². The van der Waals surface area contributed by atoms with Crippen LogP contribution in [0.4, 0.5) is 0 Å². The predicted octanol–water partition coefficient (Wildman–Crippen LogP) is 2.39. The zero-order valence-electron chi connectivity index (χ0n) is 11.3. The summed E-state index contributed by atoms with van der Waals surface area (Å²) >= 11 is 4.82. The fourth-order valence-electron chi connectivity index (χ4n) is 1.47. The molecular formula is C14H20N2OS. The fraction of sp³-hybridized carbons (Fsp3) is 0.429. The van der Waals surface area contributed by atoms with Crippen LogP contribution in [-0.4, -0.2) is 16.9 Å². The Morgan fingerprint density at radius 3 is 2.17 bits per heavy atom. The van der Waals surface area contributed by atoms with Crippen LogP contribution in [-0.2, 0) is 5.41 Å². The van der Waals surface area contributed by atoms with Crippen LogP contribution < -0.4 is 11.1 Å². The van der Waals surface area contributed by atoms with Gasteiger partial charge in [0.25, 0.3) is 5.91 Å². The molecule has 3 N–H and O–H groups in total. The van der Waals surface area contributed by atoms with E-state index in [-0.39, 0.29) is 22.4 Å². The molecule has 0 aliphatic rings. The maximum Gasteiger partial charge on any atom is 0.251 e. The molecule has 1 aromatic carbocycles. The van der Waals surface area contributed by atoms with Crippen LogP contribution in [0.15, 0.2) is 24.3 Å². The summed E-state index contributed by atoms with van der Waals surface area (Å²) < 4.78 is 0. The molecule has 0 aromatic heterocycles. The maximum atomic E-state index is 11.9. The third-order valence-electron chi connectivity index (χ3n) is 2.79. The normalized spacial score (nSPS) is 12.9. The van der Waals surface area contributed by atoms with Crippen molar-refractivity contribution in [3.05, 3.63) is 35.4 Å². The zero-order valence-corrected chi connectivity index (χ0v) is 12.1. The first-order chi connectivity index (χ1) is 8.21. The van der Waals surface area contributed by atoms with E-state index in [2.05, 4.69) is 26.1 Å². The lowest BCUT2D eigenvalue weighted by Crippen LogP contribution is -2.41. The Labute approximate surface area is 114 Å². The number of nitrogens with two attached hydrogens (primary N) is 1. The molecule has 0 radical (unpaired) electrons. The van der Waals surface area contributed by atoms with Crippen LogP contribution in [0.2, 0.25) is 0 Å². The molecule has 1 aromatic rings. The number of nitrogens with one attached hydrogen (secondary N) is 1. The Kier molecular flexibility index (Phi) is 4.46. The largest absolute Gasteiger partial charge is 0.392 e. The standard InChI is InChI=1S/C14H20N2OS/c1-9(12(15)18)16-13(17)10-5-7-11(8-6-10)14(2,3)4/h5-9H,1-4H3,(H2,15,18)(H,16,17). The molecule has 18 heavy (non-hydrogen) atoms. The fourth-order valence-corrected chi connectivity index (χ4v) is 1.53. The Balaban J connectivity index is 2.80. The summed E-state index contributed by atoms with van der Waals surface area (Å²) in [5, 5.41) is 2.75. The summed E-state index contributed by atoms with van der Waals surface area (Å²) in [7, 11) is 0. The number of rotatable bonds is 3. The van der Waals surface area contributed by atoms with Crippen LogP contribution in [0.3, 0.4) is 0 Å². The second-order valence-corrected chi connectivity index (χ2v) is 5.90. The van der Waals surface area contributed by atoms with Crippen LogP contribution in [0, 0.1) is 0 Å². The molecule has 4 heteroatoms. The van der Waals surface area contributed by atoms with E-state index < -0.39 is 0 Å². The molecule has 0 aliphatic carbocycles. The first-order valence-corrected chi connectivity index (χ1v) is 6.33. The molecule has 1 unspecified atom stereocenters. The van der Waals surface area contributed by atoms with E-state index in [1.807, 2.05) is 24.3 Å². The molecule has 0 heterocycles. The van der Waals surface area contributed by atoms with E-state index in [0.29, 0.717) is 5.56 Å². The van der Waals surface area contributed by atoms with E-state index in [4.69, 9.17) is 18.0 Å². The summed E-state index contributed by atoms with van der Waals surface area (Å²) in [6.07, 6.45) is 0. The van der Waals surface area contributed by atoms with Crippen molar-refractivity contribution in [1.82, 2.24) is 5.32 Å². The smallest absolute Gasteiger partial charge is 0.251 e. The summed E-state index contributed by atoms with van der Waals surface area (Å²) in [5.74, 6) is -0.157. The quantitative estimate of drug-likeness (QED) is 0.824. The van der Waals surface area contributed by atoms with Crippen LogP contribution >= 0.6 is 12.2 Å². The third kappa shape index (κ3) is 3.81. The second-order valence-electron chi connectivity index (χ2n) is 5.42. The molecule has 3 nitrogen and oxygen atoms in total. The summed E-state index contributed by atoms with van der Waals surface area (Å²) in [5.41, 5.74) is 7.36. The third-order valence-corrected chi connectivity index (χ3v) is 3.14. The molecule has 0 fully saturated rings. The van der Waals surface area contributed by atoms with Gasteiger partial charge in [0, 0.05) is 5.56 Å². The molecule has 1 rings (SSSR count). The lowest BCUT2D eigenvalue weighted by Gasteiger charge is -2.19. The maximum absolute atomic E-state index is 11.9. The average molecular weight is 264 g/mol. The minimum atomic E-state index is -0.296. The predicted molar refractivity (Wildman–Crippen MR) is 78.9 cm³/mol. The highest BCUT2D eigenvalue weighted by Crippen LogP contribution is 2.22. The minimum Gasteiger partial charge on any atom is -0.392 e. The van der Waals surface area contributed by atoms with Gasteiger partial charge >= 0.3 is 0 Å². The van der Waals surface area contributed by atoms with Gasteiger partial charge < -0.3 is 11.1 Å². The molecule has 0 saturated carbocycles. The lowest BCUT2D eigenvalue weighted by molar-refractivity contribution is 0.0949. The van der Waals surface area contributed by atoms with Crippen LogP contribution in [0.1, 0.15) is 43.6 Å². The van der Waals surface area contributed by atoms with E-state index in [0.717, 1.165) is 0 Å². The summed E-state index contributed by atoms with van der Waals surface area (Å²) in [6, 6.07) is 7.29. The molecular weight excluding hydrogens is 244 g/mol. The number of carbonyl (C=O) groups is 1. The second kappa shape index (κ2) is 5.48. The number of hydrogen-bond donors (Lipinski definition) is 2. The van der Waals surface area contributed by atoms with Crippen molar-refractivity contribution in [2.75, 3.05) is 0 Å².